The molecule has 0 saturated heterocycles. The molecule has 0 atom stereocenters. The van der Waals surface area contributed by atoms with E-state index in [2.05, 4.69) is 35.0 Å². The first-order chi connectivity index (χ1) is 6.72. The monoisotopic (exact) mass is 268 g/mol. The van der Waals surface area contributed by atoms with Crippen molar-refractivity contribution in [3.63, 3.8) is 0 Å². The molecule has 0 aliphatic carbocycles. The van der Waals surface area contributed by atoms with Crippen molar-refractivity contribution in [2.24, 2.45) is 0 Å². The zero-order chi connectivity index (χ0) is 10.1. The van der Waals surface area contributed by atoms with Crippen molar-refractivity contribution in [2.45, 2.75) is 13.3 Å². The van der Waals surface area contributed by atoms with Crippen LogP contribution in [0.4, 0.5) is 0 Å². The molecule has 0 fully saturated rings. The highest BCUT2D eigenvalue weighted by molar-refractivity contribution is 9.10. The molecule has 0 aliphatic rings. The number of hydrogen-bond donors (Lipinski definition) is 0. The summed E-state index contributed by atoms with van der Waals surface area (Å²) in [6.07, 6.45) is 1.50. The van der Waals surface area contributed by atoms with Gasteiger partial charge in [0.25, 0.3) is 0 Å². The molecule has 0 N–H and O–H groups in total. The van der Waals surface area contributed by atoms with Crippen molar-refractivity contribution in [2.75, 3.05) is 0 Å². The molecule has 0 saturated carbocycles. The van der Waals surface area contributed by atoms with Crippen LogP contribution in [0.5, 0.6) is 0 Å². The van der Waals surface area contributed by atoms with Crippen LogP contribution in [0.25, 0.3) is 10.1 Å². The molecule has 1 aromatic carbocycles. The van der Waals surface area contributed by atoms with E-state index in [0.717, 1.165) is 10.8 Å². The van der Waals surface area contributed by atoms with Gasteiger partial charge >= 0.3 is 0 Å². The maximum absolute atomic E-state index is 10.5. The molecule has 0 radical (unpaired) electrons. The molecule has 1 aromatic heterocycles. The minimum atomic E-state index is 0.531. The summed E-state index contributed by atoms with van der Waals surface area (Å²) in [5.74, 6) is 0. The van der Waals surface area contributed by atoms with Gasteiger partial charge < -0.3 is 4.79 Å². The Bertz CT molecular complexity index is 487. The lowest BCUT2D eigenvalue weighted by Gasteiger charge is -1.93. The Morgan fingerprint density at radius 1 is 1.50 bits per heavy atom. The summed E-state index contributed by atoms with van der Waals surface area (Å²) in [6, 6.07) is 6.23. The molecule has 14 heavy (non-hydrogen) atoms. The fourth-order valence-electron chi connectivity index (χ4n) is 1.51. The Balaban J connectivity index is 2.67. The largest absolute Gasteiger partial charge is 0.303 e. The average molecular weight is 269 g/mol. The van der Waals surface area contributed by atoms with Crippen LogP contribution in [0.1, 0.15) is 10.4 Å². The third-order valence-electron chi connectivity index (χ3n) is 2.27. The van der Waals surface area contributed by atoms with Gasteiger partial charge in [-0.15, -0.1) is 11.3 Å². The van der Waals surface area contributed by atoms with Gasteiger partial charge in [0.1, 0.15) is 6.29 Å². The van der Waals surface area contributed by atoms with Crippen LogP contribution in [0.2, 0.25) is 0 Å². The van der Waals surface area contributed by atoms with E-state index in [4.69, 9.17) is 0 Å². The van der Waals surface area contributed by atoms with Crippen molar-refractivity contribution in [3.8, 4) is 0 Å². The second-order valence-electron chi connectivity index (χ2n) is 3.16. The molecule has 0 aliphatic heterocycles. The van der Waals surface area contributed by atoms with Crippen LogP contribution >= 0.6 is 27.3 Å². The Kier molecular flexibility index (Phi) is 2.70. The van der Waals surface area contributed by atoms with Gasteiger partial charge in [-0.2, -0.15) is 0 Å². The fourth-order valence-corrected chi connectivity index (χ4v) is 3.01. The van der Waals surface area contributed by atoms with Gasteiger partial charge in [-0.1, -0.05) is 15.9 Å². The van der Waals surface area contributed by atoms with E-state index in [1.165, 1.54) is 20.5 Å². The molecule has 2 rings (SSSR count). The van der Waals surface area contributed by atoms with Gasteiger partial charge in [0.15, 0.2) is 0 Å². The van der Waals surface area contributed by atoms with E-state index in [1.54, 1.807) is 11.3 Å². The maximum Gasteiger partial charge on any atom is 0.125 e. The summed E-state index contributed by atoms with van der Waals surface area (Å²) in [5, 5.41) is 1.25. The number of aldehydes is 1. The number of hydrogen-bond acceptors (Lipinski definition) is 2. The van der Waals surface area contributed by atoms with Crippen LogP contribution in [-0.4, -0.2) is 6.29 Å². The summed E-state index contributed by atoms with van der Waals surface area (Å²) < 4.78 is 2.34. The highest BCUT2D eigenvalue weighted by atomic mass is 79.9. The first kappa shape index (κ1) is 9.87. The number of carbonyl (C=O) groups is 1. The minimum Gasteiger partial charge on any atom is -0.303 e. The fraction of sp³-hybridized carbons (Fsp3) is 0.182. The number of rotatable bonds is 2. The molecular formula is C11H9BrOS. The summed E-state index contributed by atoms with van der Waals surface area (Å²) in [4.78, 5) is 11.6. The molecule has 3 heteroatoms. The Morgan fingerprint density at radius 3 is 3.00 bits per heavy atom. The highest BCUT2D eigenvalue weighted by Gasteiger charge is 2.07. The van der Waals surface area contributed by atoms with Crippen molar-refractivity contribution in [1.82, 2.24) is 0 Å². The predicted molar refractivity (Wildman–Crippen MR) is 64.0 cm³/mol. The summed E-state index contributed by atoms with van der Waals surface area (Å²) in [7, 11) is 0. The van der Waals surface area contributed by atoms with Gasteiger partial charge in [0, 0.05) is 20.5 Å². The van der Waals surface area contributed by atoms with E-state index in [9.17, 15) is 4.79 Å². The summed E-state index contributed by atoms with van der Waals surface area (Å²) >= 11 is 5.15. The van der Waals surface area contributed by atoms with Crippen molar-refractivity contribution in [3.05, 3.63) is 33.1 Å². The zero-order valence-corrected chi connectivity index (χ0v) is 10.1. The third-order valence-corrected chi connectivity index (χ3v) is 4.05. The number of fused-ring (bicyclic) bond motifs is 1. The van der Waals surface area contributed by atoms with Gasteiger partial charge in [0.05, 0.1) is 0 Å². The maximum atomic E-state index is 10.5. The molecule has 0 bridgehead atoms. The van der Waals surface area contributed by atoms with Crippen LogP contribution in [0.15, 0.2) is 22.7 Å². The molecule has 1 heterocycles. The third kappa shape index (κ3) is 1.62. The average Bonchev–Trinajstić information content (AvgIpc) is 2.46. The number of benzene rings is 1. The van der Waals surface area contributed by atoms with Crippen molar-refractivity contribution >= 4 is 43.6 Å². The van der Waals surface area contributed by atoms with Crippen LogP contribution in [0.3, 0.4) is 0 Å². The first-order valence-electron chi connectivity index (χ1n) is 4.33. The Hall–Kier alpha value is -0.670. The number of thiophene rings is 1. The standard InChI is InChI=1S/C11H9BrOS/c1-7-9-6-8(12)2-3-11(9)14-10(7)4-5-13/h2-3,5-6H,4H2,1H3. The molecule has 0 amide bonds. The molecular weight excluding hydrogens is 260 g/mol. The molecule has 1 nitrogen and oxygen atoms in total. The lowest BCUT2D eigenvalue weighted by atomic mass is 10.1. The van der Waals surface area contributed by atoms with E-state index in [0.29, 0.717) is 6.42 Å². The molecule has 0 spiro atoms. The minimum absolute atomic E-state index is 0.531. The van der Waals surface area contributed by atoms with Crippen LogP contribution in [-0.2, 0) is 11.2 Å². The van der Waals surface area contributed by atoms with Crippen LogP contribution < -0.4 is 0 Å². The Morgan fingerprint density at radius 2 is 2.29 bits per heavy atom. The predicted octanol–water partition coefficient (Wildman–Crippen LogP) is 3.71. The van der Waals surface area contributed by atoms with E-state index in [1.807, 2.05) is 6.07 Å². The van der Waals surface area contributed by atoms with Crippen molar-refractivity contribution < 1.29 is 4.79 Å². The Labute approximate surface area is 94.9 Å². The van der Waals surface area contributed by atoms with Gasteiger partial charge in [-0.3, -0.25) is 0 Å². The quantitative estimate of drug-likeness (QED) is 0.759. The molecule has 0 unspecified atom stereocenters. The normalized spacial score (nSPS) is 10.7. The van der Waals surface area contributed by atoms with E-state index in [-0.39, 0.29) is 0 Å². The molecule has 2 aromatic rings. The van der Waals surface area contributed by atoms with E-state index < -0.39 is 0 Å². The second-order valence-corrected chi connectivity index (χ2v) is 5.21. The van der Waals surface area contributed by atoms with Crippen molar-refractivity contribution in [1.29, 1.82) is 0 Å². The lowest BCUT2D eigenvalue weighted by molar-refractivity contribution is -0.107. The SMILES string of the molecule is Cc1c(CC=O)sc2ccc(Br)cc12. The highest BCUT2D eigenvalue weighted by Crippen LogP contribution is 2.32. The second kappa shape index (κ2) is 3.83. The number of carbonyl (C=O) groups excluding carboxylic acids is 1. The van der Waals surface area contributed by atoms with Gasteiger partial charge in [-0.25, -0.2) is 0 Å². The first-order valence-corrected chi connectivity index (χ1v) is 5.94. The number of halogens is 1. The number of aryl methyl sites for hydroxylation is 1. The summed E-state index contributed by atoms with van der Waals surface area (Å²) in [6.45, 7) is 2.07. The topological polar surface area (TPSA) is 17.1 Å². The lowest BCUT2D eigenvalue weighted by Crippen LogP contribution is -1.82. The smallest absolute Gasteiger partial charge is 0.125 e. The van der Waals surface area contributed by atoms with Crippen LogP contribution in [0, 0.1) is 6.92 Å². The van der Waals surface area contributed by atoms with E-state index >= 15 is 0 Å². The summed E-state index contributed by atoms with van der Waals surface area (Å²) in [5.41, 5.74) is 1.23. The van der Waals surface area contributed by atoms with Gasteiger partial charge in [0.2, 0.25) is 0 Å². The molecule has 72 valence electrons. The zero-order valence-electron chi connectivity index (χ0n) is 7.71. The van der Waals surface area contributed by atoms with Gasteiger partial charge in [-0.05, 0) is 36.1 Å².